The summed E-state index contributed by atoms with van der Waals surface area (Å²) in [4.78, 5) is 29.6. The van der Waals surface area contributed by atoms with Crippen molar-refractivity contribution in [1.82, 2.24) is 9.80 Å². The molecule has 2 saturated heterocycles. The second kappa shape index (κ2) is 7.93. The van der Waals surface area contributed by atoms with Gasteiger partial charge < -0.3 is 14.5 Å². The smallest absolute Gasteiger partial charge is 0.251 e. The molecule has 2 aliphatic heterocycles. The number of carbonyl (C=O) groups excluding carboxylic acids is 2. The van der Waals surface area contributed by atoms with Gasteiger partial charge in [0.05, 0.1) is 0 Å². The van der Waals surface area contributed by atoms with Gasteiger partial charge in [-0.3, -0.25) is 9.59 Å². The van der Waals surface area contributed by atoms with Crippen molar-refractivity contribution < 1.29 is 14.3 Å². The van der Waals surface area contributed by atoms with Gasteiger partial charge in [-0.25, -0.2) is 0 Å². The summed E-state index contributed by atoms with van der Waals surface area (Å²) in [6.07, 6.45) is 4.02. The number of nitrogens with zero attached hydrogens (tertiary/aromatic N) is 2. The maximum Gasteiger partial charge on any atom is 0.251 e. The van der Waals surface area contributed by atoms with Crippen LogP contribution >= 0.6 is 11.3 Å². The molecular formula is C17H24N2O3S. The summed E-state index contributed by atoms with van der Waals surface area (Å²) in [7, 11) is 0. The van der Waals surface area contributed by atoms with Gasteiger partial charge >= 0.3 is 0 Å². The predicted octanol–water partition coefficient (Wildman–Crippen LogP) is 1.92. The van der Waals surface area contributed by atoms with Gasteiger partial charge in [0, 0.05) is 44.1 Å². The fourth-order valence-electron chi connectivity index (χ4n) is 3.18. The van der Waals surface area contributed by atoms with Crippen LogP contribution in [0.25, 0.3) is 0 Å². The summed E-state index contributed by atoms with van der Waals surface area (Å²) in [5, 5.41) is 2.07. The summed E-state index contributed by atoms with van der Waals surface area (Å²) in [5.41, 5.74) is 0. The van der Waals surface area contributed by atoms with Crippen LogP contribution in [0.3, 0.4) is 0 Å². The first-order chi connectivity index (χ1) is 11.2. The molecule has 126 valence electrons. The van der Waals surface area contributed by atoms with E-state index in [9.17, 15) is 9.59 Å². The lowest BCUT2D eigenvalue weighted by Gasteiger charge is -2.35. The van der Waals surface area contributed by atoms with Gasteiger partial charge in [0.15, 0.2) is 0 Å². The van der Waals surface area contributed by atoms with E-state index < -0.39 is 0 Å². The fourth-order valence-corrected chi connectivity index (χ4v) is 3.93. The number of amides is 2. The topological polar surface area (TPSA) is 49.9 Å². The Morgan fingerprint density at radius 3 is 2.65 bits per heavy atom. The highest BCUT2D eigenvalue weighted by Gasteiger charge is 2.31. The second-order valence-electron chi connectivity index (χ2n) is 6.14. The molecule has 0 aromatic carbocycles. The minimum Gasteiger partial charge on any atom is -0.368 e. The van der Waals surface area contributed by atoms with Crippen molar-refractivity contribution in [3.8, 4) is 0 Å². The maximum atomic E-state index is 12.3. The number of ether oxygens (including phenoxy) is 1. The number of rotatable bonds is 5. The van der Waals surface area contributed by atoms with Gasteiger partial charge in [0.2, 0.25) is 5.91 Å². The zero-order valence-corrected chi connectivity index (χ0v) is 14.2. The van der Waals surface area contributed by atoms with E-state index in [0.717, 1.165) is 25.7 Å². The standard InChI is InChI=1S/C17H24N2O3S/c20-16(7-1-4-14-5-3-13-23-14)18-8-10-19(11-9-18)17(21)15-6-2-12-22-15/h3,5,13,15H,1-2,4,6-12H2. The van der Waals surface area contributed by atoms with E-state index in [2.05, 4.69) is 11.4 Å². The molecule has 3 rings (SSSR count). The SMILES string of the molecule is O=C(CCCc1cccs1)N1CCN(C(=O)C2CCCO2)CC1. The van der Waals surface area contributed by atoms with Crippen molar-refractivity contribution in [2.45, 2.75) is 38.2 Å². The predicted molar refractivity (Wildman–Crippen MR) is 89.4 cm³/mol. The number of hydrogen-bond donors (Lipinski definition) is 0. The third-order valence-corrected chi connectivity index (χ3v) is 5.48. The van der Waals surface area contributed by atoms with Crippen LogP contribution < -0.4 is 0 Å². The van der Waals surface area contributed by atoms with Crippen molar-refractivity contribution in [3.63, 3.8) is 0 Å². The van der Waals surface area contributed by atoms with Crippen LogP contribution in [-0.4, -0.2) is 60.5 Å². The van der Waals surface area contributed by atoms with Gasteiger partial charge in [-0.15, -0.1) is 11.3 Å². The van der Waals surface area contributed by atoms with Crippen LogP contribution in [0.5, 0.6) is 0 Å². The Balaban J connectivity index is 1.37. The molecule has 0 N–H and O–H groups in total. The van der Waals surface area contributed by atoms with Crippen LogP contribution in [-0.2, 0) is 20.7 Å². The van der Waals surface area contributed by atoms with Crippen molar-refractivity contribution >= 4 is 23.2 Å². The summed E-state index contributed by atoms with van der Waals surface area (Å²) in [6.45, 7) is 3.26. The lowest BCUT2D eigenvalue weighted by molar-refractivity contribution is -0.146. The molecule has 1 aromatic rings. The third-order valence-electron chi connectivity index (χ3n) is 4.54. The first-order valence-electron chi connectivity index (χ1n) is 8.44. The molecular weight excluding hydrogens is 312 g/mol. The minimum atomic E-state index is -0.247. The van der Waals surface area contributed by atoms with Gasteiger partial charge in [-0.2, -0.15) is 0 Å². The number of thiophene rings is 1. The molecule has 1 atom stereocenters. The molecule has 1 aromatic heterocycles. The molecule has 6 heteroatoms. The molecule has 3 heterocycles. The summed E-state index contributed by atoms with van der Waals surface area (Å²) < 4.78 is 5.46. The van der Waals surface area contributed by atoms with Crippen molar-refractivity contribution in [3.05, 3.63) is 22.4 Å². The second-order valence-corrected chi connectivity index (χ2v) is 7.17. The van der Waals surface area contributed by atoms with Crippen LogP contribution in [0.2, 0.25) is 0 Å². The molecule has 0 radical (unpaired) electrons. The van der Waals surface area contributed by atoms with Gasteiger partial charge in [0.1, 0.15) is 6.10 Å². The highest BCUT2D eigenvalue weighted by Crippen LogP contribution is 2.17. The van der Waals surface area contributed by atoms with Crippen molar-refractivity contribution in [2.24, 2.45) is 0 Å². The third kappa shape index (κ3) is 4.32. The van der Waals surface area contributed by atoms with E-state index in [1.165, 1.54) is 4.88 Å². The Kier molecular flexibility index (Phi) is 5.67. The van der Waals surface area contributed by atoms with E-state index in [1.807, 2.05) is 15.9 Å². The van der Waals surface area contributed by atoms with Crippen molar-refractivity contribution in [1.29, 1.82) is 0 Å². The Bertz CT molecular complexity index is 518. The molecule has 1 unspecified atom stereocenters. The first kappa shape index (κ1) is 16.5. The maximum absolute atomic E-state index is 12.3. The average molecular weight is 336 g/mol. The van der Waals surface area contributed by atoms with E-state index in [-0.39, 0.29) is 17.9 Å². The molecule has 0 saturated carbocycles. The quantitative estimate of drug-likeness (QED) is 0.825. The molecule has 2 fully saturated rings. The van der Waals surface area contributed by atoms with Crippen molar-refractivity contribution in [2.75, 3.05) is 32.8 Å². The van der Waals surface area contributed by atoms with E-state index >= 15 is 0 Å². The zero-order chi connectivity index (χ0) is 16.1. The van der Waals surface area contributed by atoms with E-state index in [0.29, 0.717) is 39.2 Å². The number of piperazine rings is 1. The minimum absolute atomic E-state index is 0.104. The summed E-state index contributed by atoms with van der Waals surface area (Å²) in [6, 6.07) is 4.16. The highest BCUT2D eigenvalue weighted by atomic mass is 32.1. The van der Waals surface area contributed by atoms with Gasteiger partial charge in [-0.05, 0) is 37.1 Å². The van der Waals surface area contributed by atoms with E-state index in [1.54, 1.807) is 11.3 Å². The monoisotopic (exact) mass is 336 g/mol. The largest absolute Gasteiger partial charge is 0.368 e. The molecule has 0 spiro atoms. The van der Waals surface area contributed by atoms with Crippen LogP contribution in [0, 0.1) is 0 Å². The molecule has 2 amide bonds. The van der Waals surface area contributed by atoms with Crippen LogP contribution in [0.1, 0.15) is 30.6 Å². The zero-order valence-electron chi connectivity index (χ0n) is 13.4. The molecule has 23 heavy (non-hydrogen) atoms. The molecule has 5 nitrogen and oxygen atoms in total. The highest BCUT2D eigenvalue weighted by molar-refractivity contribution is 7.09. The van der Waals surface area contributed by atoms with Gasteiger partial charge in [-0.1, -0.05) is 6.07 Å². The molecule has 0 aliphatic carbocycles. The Morgan fingerprint density at radius 2 is 2.00 bits per heavy atom. The number of hydrogen-bond acceptors (Lipinski definition) is 4. The Morgan fingerprint density at radius 1 is 1.22 bits per heavy atom. The van der Waals surface area contributed by atoms with Gasteiger partial charge in [0.25, 0.3) is 5.91 Å². The lowest BCUT2D eigenvalue weighted by atomic mass is 10.1. The Labute approximate surface area is 141 Å². The molecule has 2 aliphatic rings. The molecule has 0 bridgehead atoms. The fraction of sp³-hybridized carbons (Fsp3) is 0.647. The van der Waals surface area contributed by atoms with E-state index in [4.69, 9.17) is 4.74 Å². The first-order valence-corrected chi connectivity index (χ1v) is 9.32. The summed E-state index contributed by atoms with van der Waals surface area (Å²) >= 11 is 1.74. The lowest BCUT2D eigenvalue weighted by Crippen LogP contribution is -2.52. The number of carbonyl (C=O) groups is 2. The normalized spacial score (nSPS) is 21.7. The van der Waals surface area contributed by atoms with Crippen LogP contribution in [0.15, 0.2) is 17.5 Å². The number of aryl methyl sites for hydroxylation is 1. The average Bonchev–Trinajstić information content (AvgIpc) is 3.28. The summed E-state index contributed by atoms with van der Waals surface area (Å²) in [5.74, 6) is 0.318. The van der Waals surface area contributed by atoms with Crippen LogP contribution in [0.4, 0.5) is 0 Å². The Hall–Kier alpha value is -1.40.